The predicted octanol–water partition coefficient (Wildman–Crippen LogP) is -0.660. The van der Waals surface area contributed by atoms with Crippen molar-refractivity contribution in [1.82, 2.24) is 14.9 Å². The van der Waals surface area contributed by atoms with Crippen molar-refractivity contribution < 1.29 is 14.7 Å². The summed E-state index contributed by atoms with van der Waals surface area (Å²) in [5.74, 6) is -0.694. The van der Waals surface area contributed by atoms with E-state index in [0.29, 0.717) is 22.9 Å². The number of carbonyl (C=O) groups is 2. The molecule has 0 saturated carbocycles. The summed E-state index contributed by atoms with van der Waals surface area (Å²) < 4.78 is 1.83. The summed E-state index contributed by atoms with van der Waals surface area (Å²) >= 11 is 0. The van der Waals surface area contributed by atoms with Crippen molar-refractivity contribution in [3.05, 3.63) is 27.8 Å². The lowest BCUT2D eigenvalue weighted by atomic mass is 10.0. The van der Waals surface area contributed by atoms with Crippen LogP contribution >= 0.6 is 0 Å². The maximum absolute atomic E-state index is 12.3. The van der Waals surface area contributed by atoms with Gasteiger partial charge in [-0.05, 0) is 19.4 Å². The van der Waals surface area contributed by atoms with Gasteiger partial charge >= 0.3 is 0 Å². The highest BCUT2D eigenvalue weighted by atomic mass is 16.3. The number of nitrogens with zero attached hydrogens (tertiary/aromatic N) is 2. The molecule has 1 aromatic heterocycles. The van der Waals surface area contributed by atoms with Gasteiger partial charge in [0.1, 0.15) is 22.3 Å². The van der Waals surface area contributed by atoms with Gasteiger partial charge in [-0.3, -0.25) is 9.59 Å². The Hall–Kier alpha value is -2.37. The van der Waals surface area contributed by atoms with E-state index in [-0.39, 0.29) is 28.8 Å². The number of Topliss-reactive ketones (excluding diaryl/α,β-unsaturated/α-hetero) is 1. The van der Waals surface area contributed by atoms with E-state index >= 15 is 0 Å². The molecule has 0 aromatic carbocycles. The highest BCUT2D eigenvalue weighted by molar-refractivity contribution is 6.12. The maximum Gasteiger partial charge on any atom is 0.230 e. The Balaban J connectivity index is 2.30. The Morgan fingerprint density at radius 3 is 2.95 bits per heavy atom. The number of aliphatic hydroxyl groups is 1. The molecule has 0 radical (unpaired) electrons. The van der Waals surface area contributed by atoms with E-state index in [1.165, 1.54) is 6.92 Å². The van der Waals surface area contributed by atoms with Crippen LogP contribution in [0.15, 0.2) is 11.3 Å². The predicted molar refractivity (Wildman–Crippen MR) is 67.4 cm³/mol. The summed E-state index contributed by atoms with van der Waals surface area (Å²) in [5, 5.41) is 13.2. The minimum Gasteiger partial charge on any atom is -0.505 e. The molecule has 0 spiro atoms. The van der Waals surface area contributed by atoms with Crippen LogP contribution in [0.25, 0.3) is 11.8 Å². The molecule has 3 rings (SSSR count). The van der Waals surface area contributed by atoms with Crippen LogP contribution in [0.2, 0.25) is 0 Å². The monoisotopic (exact) mass is 259 g/mol. The second-order valence-electron chi connectivity index (χ2n) is 4.67. The summed E-state index contributed by atoms with van der Waals surface area (Å²) in [6.45, 7) is 3.64. The molecule has 0 bridgehead atoms. The number of amides is 1. The van der Waals surface area contributed by atoms with Gasteiger partial charge in [0.05, 0.1) is 5.70 Å². The molecule has 98 valence electrons. The number of hydrogen-bond donors (Lipinski definition) is 2. The number of allylic oxidation sites excluding steroid dienone is 1. The summed E-state index contributed by atoms with van der Waals surface area (Å²) in [6, 6.07) is 0. The van der Waals surface area contributed by atoms with Crippen molar-refractivity contribution in [3.8, 4) is 0 Å². The first-order valence-electron chi connectivity index (χ1n) is 6.04. The Morgan fingerprint density at radius 1 is 1.53 bits per heavy atom. The zero-order valence-corrected chi connectivity index (χ0v) is 10.6. The molecule has 0 fully saturated rings. The second-order valence-corrected chi connectivity index (χ2v) is 4.67. The minimum atomic E-state index is -0.351. The van der Waals surface area contributed by atoms with Crippen LogP contribution in [0.5, 0.6) is 0 Å². The van der Waals surface area contributed by atoms with E-state index in [1.54, 1.807) is 6.92 Å². The molecule has 1 aromatic rings. The molecular formula is C13H13N3O3. The number of fused-ring (bicyclic) bond motifs is 3. The number of hydrogen-bond acceptors (Lipinski definition) is 4. The van der Waals surface area contributed by atoms with Crippen molar-refractivity contribution in [2.75, 3.05) is 0 Å². The van der Waals surface area contributed by atoms with E-state index < -0.39 is 0 Å². The molecule has 6 heteroatoms. The van der Waals surface area contributed by atoms with Crippen LogP contribution in [-0.2, 0) is 11.3 Å². The van der Waals surface area contributed by atoms with E-state index in [4.69, 9.17) is 0 Å². The fraction of sp³-hybridized carbons (Fsp3) is 0.308. The van der Waals surface area contributed by atoms with E-state index in [2.05, 4.69) is 10.3 Å². The first-order valence-corrected chi connectivity index (χ1v) is 6.04. The van der Waals surface area contributed by atoms with Crippen molar-refractivity contribution >= 4 is 23.5 Å². The van der Waals surface area contributed by atoms with Gasteiger partial charge in [0.25, 0.3) is 0 Å². The molecule has 6 nitrogen and oxygen atoms in total. The average Bonchev–Trinajstić information content (AvgIpc) is 2.91. The van der Waals surface area contributed by atoms with E-state index in [1.807, 2.05) is 10.6 Å². The van der Waals surface area contributed by atoms with Gasteiger partial charge in [-0.1, -0.05) is 0 Å². The summed E-state index contributed by atoms with van der Waals surface area (Å²) in [7, 11) is 0. The Morgan fingerprint density at radius 2 is 2.26 bits per heavy atom. The number of nitrogens with one attached hydrogen (secondary N) is 1. The maximum atomic E-state index is 12.3. The number of carbonyl (C=O) groups excluding carboxylic acids is 2. The number of aliphatic hydroxyl groups excluding tert-OH is 1. The zero-order chi connectivity index (χ0) is 13.7. The van der Waals surface area contributed by atoms with Crippen LogP contribution in [0.3, 0.4) is 0 Å². The lowest BCUT2D eigenvalue weighted by Gasteiger charge is -2.15. The summed E-state index contributed by atoms with van der Waals surface area (Å²) in [5.41, 5.74) is 1.39. The molecule has 0 atom stereocenters. The number of rotatable bonds is 1. The zero-order valence-electron chi connectivity index (χ0n) is 10.6. The normalized spacial score (nSPS) is 17.2. The van der Waals surface area contributed by atoms with Crippen LogP contribution in [0.1, 0.15) is 30.8 Å². The smallest absolute Gasteiger partial charge is 0.230 e. The Labute approximate surface area is 108 Å². The molecule has 2 N–H and O–H groups in total. The van der Waals surface area contributed by atoms with Gasteiger partial charge in [-0.15, -0.1) is 0 Å². The summed E-state index contributed by atoms with van der Waals surface area (Å²) in [6.07, 6.45) is 2.77. The van der Waals surface area contributed by atoms with Crippen LogP contribution in [0, 0.1) is 0 Å². The number of imidazole rings is 1. The third kappa shape index (κ3) is 1.53. The lowest BCUT2D eigenvalue weighted by molar-refractivity contribution is -0.118. The molecule has 1 amide bonds. The first-order chi connectivity index (χ1) is 9.00. The topological polar surface area (TPSA) is 84.2 Å². The van der Waals surface area contributed by atoms with Crippen LogP contribution in [0.4, 0.5) is 0 Å². The Kier molecular flexibility index (Phi) is 2.35. The molecule has 2 aliphatic rings. The standard InChI is InChI=1S/C13H13N3O3/c1-6-9(14-7(2)17)13(19)10-11(12(6)18)16-5-3-4-8(16)15-10/h4,18H,3,5H2,1-2H3,(H,14,17). The number of ketones is 1. The van der Waals surface area contributed by atoms with Gasteiger partial charge < -0.3 is 15.0 Å². The highest BCUT2D eigenvalue weighted by Crippen LogP contribution is 2.18. The molecule has 1 aliphatic heterocycles. The molecule has 0 unspecified atom stereocenters. The van der Waals surface area contributed by atoms with Crippen LogP contribution in [-0.4, -0.2) is 26.3 Å². The van der Waals surface area contributed by atoms with Crippen molar-refractivity contribution in [2.45, 2.75) is 26.8 Å². The highest BCUT2D eigenvalue weighted by Gasteiger charge is 2.30. The van der Waals surface area contributed by atoms with Crippen molar-refractivity contribution in [1.29, 1.82) is 0 Å². The van der Waals surface area contributed by atoms with Gasteiger partial charge in [-0.25, -0.2) is 4.98 Å². The number of aromatic nitrogens is 2. The molecular weight excluding hydrogens is 246 g/mol. The fourth-order valence-corrected chi connectivity index (χ4v) is 2.48. The molecule has 2 heterocycles. The fourth-order valence-electron chi connectivity index (χ4n) is 2.48. The quantitative estimate of drug-likeness (QED) is 0.701. The van der Waals surface area contributed by atoms with Gasteiger partial charge in [0, 0.05) is 19.0 Å². The lowest BCUT2D eigenvalue weighted by Crippen LogP contribution is -2.36. The van der Waals surface area contributed by atoms with Gasteiger partial charge in [-0.2, -0.15) is 0 Å². The van der Waals surface area contributed by atoms with Crippen LogP contribution < -0.4 is 16.1 Å². The van der Waals surface area contributed by atoms with Gasteiger partial charge in [0.15, 0.2) is 0 Å². The Bertz CT molecular complexity index is 768. The van der Waals surface area contributed by atoms with E-state index in [0.717, 1.165) is 6.42 Å². The first kappa shape index (κ1) is 11.7. The molecule has 1 aliphatic carbocycles. The SMILES string of the molecule is CC(=O)NC1=C(C)C(O)=c2c(nc3n2CCC=3)C1=O. The van der Waals surface area contributed by atoms with Crippen molar-refractivity contribution in [2.24, 2.45) is 0 Å². The third-order valence-electron chi connectivity index (χ3n) is 3.37. The molecule has 19 heavy (non-hydrogen) atoms. The van der Waals surface area contributed by atoms with E-state index in [9.17, 15) is 14.7 Å². The van der Waals surface area contributed by atoms with Gasteiger partial charge in [0.2, 0.25) is 11.7 Å². The summed E-state index contributed by atoms with van der Waals surface area (Å²) in [4.78, 5) is 27.7. The second kappa shape index (κ2) is 3.81. The largest absolute Gasteiger partial charge is 0.505 e. The minimum absolute atomic E-state index is 0.00685. The average molecular weight is 259 g/mol. The van der Waals surface area contributed by atoms with Crippen molar-refractivity contribution in [3.63, 3.8) is 0 Å². The third-order valence-corrected chi connectivity index (χ3v) is 3.37. The molecule has 0 saturated heterocycles.